The van der Waals surface area contributed by atoms with E-state index in [1.165, 1.54) is 6.07 Å². The second-order valence-electron chi connectivity index (χ2n) is 6.07. The summed E-state index contributed by atoms with van der Waals surface area (Å²) in [5.74, 6) is -0.334. The molecule has 19 heavy (non-hydrogen) atoms. The van der Waals surface area contributed by atoms with Crippen LogP contribution in [0.25, 0.3) is 0 Å². The summed E-state index contributed by atoms with van der Waals surface area (Å²) in [6.07, 6.45) is 1.09. The summed E-state index contributed by atoms with van der Waals surface area (Å²) in [5, 5.41) is 3.80. The second-order valence-corrected chi connectivity index (χ2v) is 6.44. The number of benzene rings is 1. The molecule has 1 saturated heterocycles. The first-order valence-electron chi connectivity index (χ1n) is 6.81. The predicted octanol–water partition coefficient (Wildman–Crippen LogP) is 3.44. The van der Waals surface area contributed by atoms with Crippen molar-refractivity contribution in [3.63, 3.8) is 0 Å². The van der Waals surface area contributed by atoms with E-state index in [9.17, 15) is 4.39 Å². The molecule has 1 aliphatic heterocycles. The van der Waals surface area contributed by atoms with Gasteiger partial charge in [0.1, 0.15) is 5.82 Å². The molecule has 0 aliphatic carbocycles. The number of halogens is 2. The first kappa shape index (κ1) is 14.8. The van der Waals surface area contributed by atoms with Gasteiger partial charge in [0, 0.05) is 24.7 Å². The van der Waals surface area contributed by atoms with Gasteiger partial charge in [-0.25, -0.2) is 4.39 Å². The largest absolute Gasteiger partial charge is 0.310 e. The van der Waals surface area contributed by atoms with Gasteiger partial charge in [0.25, 0.3) is 0 Å². The molecule has 0 bridgehead atoms. The molecular formula is C15H22ClFN2. The Labute approximate surface area is 119 Å². The highest BCUT2D eigenvalue weighted by Crippen LogP contribution is 2.24. The number of nitrogens with one attached hydrogen (secondary N) is 1. The number of rotatable bonds is 2. The van der Waals surface area contributed by atoms with E-state index in [0.29, 0.717) is 12.6 Å². The maximum atomic E-state index is 13.5. The van der Waals surface area contributed by atoms with E-state index in [2.05, 4.69) is 31.0 Å². The van der Waals surface area contributed by atoms with Crippen LogP contribution in [-0.4, -0.2) is 29.6 Å². The lowest BCUT2D eigenvalue weighted by Gasteiger charge is -2.33. The van der Waals surface area contributed by atoms with E-state index in [1.54, 1.807) is 6.07 Å². The molecule has 0 saturated carbocycles. The Balaban J connectivity index is 2.18. The zero-order valence-electron chi connectivity index (χ0n) is 11.8. The molecule has 0 aromatic heterocycles. The van der Waals surface area contributed by atoms with Crippen molar-refractivity contribution < 1.29 is 4.39 Å². The van der Waals surface area contributed by atoms with E-state index in [4.69, 9.17) is 11.6 Å². The Morgan fingerprint density at radius 2 is 2.21 bits per heavy atom. The van der Waals surface area contributed by atoms with Crippen LogP contribution in [0.1, 0.15) is 32.8 Å². The maximum Gasteiger partial charge on any atom is 0.142 e. The summed E-state index contributed by atoms with van der Waals surface area (Å²) in [7, 11) is 0. The molecular weight excluding hydrogens is 263 g/mol. The number of nitrogens with zero attached hydrogens (tertiary/aromatic N) is 1. The Kier molecular flexibility index (Phi) is 4.49. The van der Waals surface area contributed by atoms with Gasteiger partial charge in [-0.1, -0.05) is 23.7 Å². The third kappa shape index (κ3) is 3.68. The Bertz CT molecular complexity index is 448. The molecule has 2 rings (SSSR count). The minimum atomic E-state index is -0.334. The van der Waals surface area contributed by atoms with Gasteiger partial charge in [-0.2, -0.15) is 0 Å². The zero-order chi connectivity index (χ0) is 14.0. The molecule has 1 N–H and O–H groups in total. The Morgan fingerprint density at radius 3 is 2.95 bits per heavy atom. The Morgan fingerprint density at radius 1 is 1.47 bits per heavy atom. The summed E-state index contributed by atoms with van der Waals surface area (Å²) in [4.78, 5) is 2.38. The van der Waals surface area contributed by atoms with Crippen LogP contribution in [0.15, 0.2) is 18.2 Å². The van der Waals surface area contributed by atoms with Gasteiger partial charge in [0.2, 0.25) is 0 Å². The molecule has 0 radical (unpaired) electrons. The Hall–Kier alpha value is -0.640. The normalized spacial score (nSPS) is 24.2. The van der Waals surface area contributed by atoms with Crippen LogP contribution in [0.3, 0.4) is 0 Å². The van der Waals surface area contributed by atoms with Gasteiger partial charge in [0.15, 0.2) is 0 Å². The van der Waals surface area contributed by atoms with Crippen LogP contribution >= 0.6 is 11.6 Å². The lowest BCUT2D eigenvalue weighted by Crippen LogP contribution is -2.47. The van der Waals surface area contributed by atoms with Crippen molar-refractivity contribution >= 4 is 11.6 Å². The average Bonchev–Trinajstić information content (AvgIpc) is 2.45. The molecule has 1 atom stereocenters. The van der Waals surface area contributed by atoms with Crippen molar-refractivity contribution in [1.82, 2.24) is 10.2 Å². The first-order chi connectivity index (χ1) is 8.89. The van der Waals surface area contributed by atoms with E-state index in [1.807, 2.05) is 6.07 Å². The van der Waals surface area contributed by atoms with Crippen molar-refractivity contribution in [2.75, 3.05) is 13.1 Å². The van der Waals surface area contributed by atoms with Crippen LogP contribution in [-0.2, 0) is 6.54 Å². The van der Waals surface area contributed by atoms with Gasteiger partial charge in [-0.05, 0) is 45.4 Å². The highest BCUT2D eigenvalue weighted by atomic mass is 35.5. The van der Waals surface area contributed by atoms with Crippen molar-refractivity contribution in [2.24, 2.45) is 0 Å². The lowest BCUT2D eigenvalue weighted by atomic mass is 10.0. The zero-order valence-corrected chi connectivity index (χ0v) is 12.6. The summed E-state index contributed by atoms with van der Waals surface area (Å²) in [6.45, 7) is 9.26. The van der Waals surface area contributed by atoms with Crippen LogP contribution in [0.5, 0.6) is 0 Å². The standard InChI is InChI=1S/C15H22ClFN2/c1-11-7-8-18-15(2,3)10-19(11)9-12-5-4-6-13(17)14(12)16/h4-6,11,18H,7-10H2,1-3H3. The van der Waals surface area contributed by atoms with E-state index < -0.39 is 0 Å². The molecule has 1 aromatic rings. The molecule has 1 unspecified atom stereocenters. The lowest BCUT2D eigenvalue weighted by molar-refractivity contribution is 0.173. The van der Waals surface area contributed by atoms with Crippen molar-refractivity contribution in [1.29, 1.82) is 0 Å². The molecule has 4 heteroatoms. The molecule has 1 aromatic carbocycles. The monoisotopic (exact) mass is 284 g/mol. The molecule has 0 spiro atoms. The fourth-order valence-corrected chi connectivity index (χ4v) is 2.81. The van der Waals surface area contributed by atoms with Crippen LogP contribution in [0.2, 0.25) is 5.02 Å². The van der Waals surface area contributed by atoms with Gasteiger partial charge in [-0.15, -0.1) is 0 Å². The molecule has 2 nitrogen and oxygen atoms in total. The second kappa shape index (κ2) is 5.78. The van der Waals surface area contributed by atoms with Gasteiger partial charge < -0.3 is 5.32 Å². The molecule has 1 aliphatic rings. The molecule has 0 amide bonds. The van der Waals surface area contributed by atoms with Gasteiger partial charge >= 0.3 is 0 Å². The van der Waals surface area contributed by atoms with Crippen LogP contribution < -0.4 is 5.32 Å². The summed E-state index contributed by atoms with van der Waals surface area (Å²) in [6, 6.07) is 5.50. The van der Waals surface area contributed by atoms with Crippen molar-refractivity contribution in [3.05, 3.63) is 34.6 Å². The van der Waals surface area contributed by atoms with Crippen molar-refractivity contribution in [2.45, 2.75) is 45.3 Å². The smallest absolute Gasteiger partial charge is 0.142 e. The topological polar surface area (TPSA) is 15.3 Å². The molecule has 1 fully saturated rings. The highest BCUT2D eigenvalue weighted by molar-refractivity contribution is 6.31. The SMILES string of the molecule is CC1CCNC(C)(C)CN1Cc1cccc(F)c1Cl. The molecule has 1 heterocycles. The first-order valence-corrected chi connectivity index (χ1v) is 7.19. The predicted molar refractivity (Wildman–Crippen MR) is 78.0 cm³/mol. The number of hydrogen-bond acceptors (Lipinski definition) is 2. The molecule has 106 valence electrons. The van der Waals surface area contributed by atoms with E-state index >= 15 is 0 Å². The van der Waals surface area contributed by atoms with E-state index in [0.717, 1.165) is 25.1 Å². The summed E-state index contributed by atoms with van der Waals surface area (Å²) < 4.78 is 13.5. The summed E-state index contributed by atoms with van der Waals surface area (Å²) in [5.41, 5.74) is 0.941. The van der Waals surface area contributed by atoms with Crippen LogP contribution in [0, 0.1) is 5.82 Å². The minimum Gasteiger partial charge on any atom is -0.310 e. The van der Waals surface area contributed by atoms with Crippen LogP contribution in [0.4, 0.5) is 4.39 Å². The van der Waals surface area contributed by atoms with E-state index in [-0.39, 0.29) is 16.4 Å². The van der Waals surface area contributed by atoms with Crippen molar-refractivity contribution in [3.8, 4) is 0 Å². The third-order valence-electron chi connectivity index (χ3n) is 3.79. The average molecular weight is 285 g/mol. The maximum absolute atomic E-state index is 13.5. The minimum absolute atomic E-state index is 0.0740. The fraction of sp³-hybridized carbons (Fsp3) is 0.600. The quantitative estimate of drug-likeness (QED) is 0.895. The fourth-order valence-electron chi connectivity index (χ4n) is 2.62. The highest BCUT2D eigenvalue weighted by Gasteiger charge is 2.28. The summed E-state index contributed by atoms with van der Waals surface area (Å²) >= 11 is 6.05. The van der Waals surface area contributed by atoms with Gasteiger partial charge in [-0.3, -0.25) is 4.90 Å². The van der Waals surface area contributed by atoms with Gasteiger partial charge in [0.05, 0.1) is 5.02 Å². The third-order valence-corrected chi connectivity index (χ3v) is 4.22. The number of hydrogen-bond donors (Lipinski definition) is 1.